The molecule has 2 aromatic rings. The molecule has 0 atom stereocenters. The predicted molar refractivity (Wildman–Crippen MR) is 76.0 cm³/mol. The van der Waals surface area contributed by atoms with Crippen LogP contribution in [0.15, 0.2) is 48.5 Å². The third-order valence-corrected chi connectivity index (χ3v) is 2.64. The first-order valence-electron chi connectivity index (χ1n) is 6.26. The van der Waals surface area contributed by atoms with Crippen molar-refractivity contribution in [1.29, 1.82) is 0 Å². The molecule has 0 fully saturated rings. The van der Waals surface area contributed by atoms with Crippen LogP contribution in [0.4, 0.5) is 0 Å². The minimum Gasteiger partial charge on any atom is -0.500 e. The maximum atomic E-state index is 11.6. The van der Waals surface area contributed by atoms with Gasteiger partial charge < -0.3 is 14.2 Å². The van der Waals surface area contributed by atoms with E-state index in [9.17, 15) is 4.79 Å². The summed E-state index contributed by atoms with van der Waals surface area (Å²) in [4.78, 5) is 11.6. The molecule has 0 saturated heterocycles. The van der Waals surface area contributed by atoms with E-state index in [1.807, 2.05) is 31.3 Å². The number of hydrogen-bond donors (Lipinski definition) is 0. The van der Waals surface area contributed by atoms with Crippen molar-refractivity contribution in [2.45, 2.75) is 6.92 Å². The van der Waals surface area contributed by atoms with Crippen molar-refractivity contribution in [1.82, 2.24) is 9.78 Å². The lowest BCUT2D eigenvalue weighted by Gasteiger charge is -2.09. The Labute approximate surface area is 122 Å². The van der Waals surface area contributed by atoms with E-state index in [-0.39, 0.29) is 5.76 Å². The average Bonchev–Trinajstić information content (AvgIpc) is 2.93. The van der Waals surface area contributed by atoms with Crippen LogP contribution >= 0.6 is 0 Å². The van der Waals surface area contributed by atoms with E-state index >= 15 is 0 Å². The number of aryl methyl sites for hydroxylation is 1. The molecule has 0 aliphatic rings. The van der Waals surface area contributed by atoms with Crippen LogP contribution in [0, 0.1) is 6.92 Å². The summed E-state index contributed by atoms with van der Waals surface area (Å²) >= 11 is 0. The van der Waals surface area contributed by atoms with E-state index in [1.54, 1.807) is 16.8 Å². The summed E-state index contributed by atoms with van der Waals surface area (Å²) < 4.78 is 16.7. The van der Waals surface area contributed by atoms with Crippen LogP contribution in [0.5, 0.6) is 5.75 Å². The zero-order valence-electron chi connectivity index (χ0n) is 12.1. The van der Waals surface area contributed by atoms with Crippen molar-refractivity contribution in [2.75, 3.05) is 14.2 Å². The number of nitrogens with zero attached hydrogens (tertiary/aromatic N) is 2. The van der Waals surface area contributed by atoms with E-state index in [0.29, 0.717) is 5.75 Å². The van der Waals surface area contributed by atoms with E-state index in [4.69, 9.17) is 9.47 Å². The Balaban J connectivity index is 2.25. The Kier molecular flexibility index (Phi) is 4.61. The van der Waals surface area contributed by atoms with Gasteiger partial charge in [-0.1, -0.05) is 6.07 Å². The Morgan fingerprint density at radius 3 is 2.71 bits per heavy atom. The van der Waals surface area contributed by atoms with E-state index in [0.717, 1.165) is 11.4 Å². The highest BCUT2D eigenvalue weighted by atomic mass is 16.6. The monoisotopic (exact) mass is 288 g/mol. The minimum absolute atomic E-state index is 0.0335. The molecule has 0 aliphatic heterocycles. The van der Waals surface area contributed by atoms with Crippen LogP contribution in [0.1, 0.15) is 5.69 Å². The van der Waals surface area contributed by atoms with Gasteiger partial charge in [-0.05, 0) is 25.1 Å². The van der Waals surface area contributed by atoms with Crippen LogP contribution in [0.2, 0.25) is 0 Å². The lowest BCUT2D eigenvalue weighted by molar-refractivity contribution is -0.138. The van der Waals surface area contributed by atoms with Crippen LogP contribution in [-0.4, -0.2) is 30.0 Å². The summed E-state index contributed by atoms with van der Waals surface area (Å²) in [5.41, 5.74) is 1.73. The highest BCUT2D eigenvalue weighted by molar-refractivity contribution is 5.86. The summed E-state index contributed by atoms with van der Waals surface area (Å²) in [5.74, 6) is -0.166. The number of ether oxygens (including phenoxy) is 3. The average molecular weight is 288 g/mol. The third kappa shape index (κ3) is 3.62. The van der Waals surface area contributed by atoms with Gasteiger partial charge in [0.05, 0.1) is 25.6 Å². The van der Waals surface area contributed by atoms with Crippen LogP contribution in [-0.2, 0) is 14.3 Å². The molecule has 1 heterocycles. The Hall–Kier alpha value is -2.76. The van der Waals surface area contributed by atoms with E-state index in [2.05, 4.69) is 9.84 Å². The largest absolute Gasteiger partial charge is 0.500 e. The molecule has 0 saturated carbocycles. The molecule has 1 aromatic carbocycles. The van der Waals surface area contributed by atoms with Gasteiger partial charge in [0.1, 0.15) is 12.0 Å². The lowest BCUT2D eigenvalue weighted by Crippen LogP contribution is -2.11. The number of aromatic nitrogens is 2. The molecule has 0 aliphatic carbocycles. The van der Waals surface area contributed by atoms with Gasteiger partial charge in [-0.25, -0.2) is 9.48 Å². The first-order chi connectivity index (χ1) is 10.1. The molecule has 6 nitrogen and oxygen atoms in total. The van der Waals surface area contributed by atoms with Crippen molar-refractivity contribution >= 4 is 5.97 Å². The molecular formula is C15H16N2O4. The molecule has 110 valence electrons. The number of methoxy groups -OCH3 is 2. The van der Waals surface area contributed by atoms with E-state index in [1.165, 1.54) is 20.5 Å². The van der Waals surface area contributed by atoms with Crippen LogP contribution < -0.4 is 4.74 Å². The number of carbonyl (C=O) groups excluding carboxylic acids is 1. The van der Waals surface area contributed by atoms with E-state index < -0.39 is 5.97 Å². The molecule has 2 rings (SSSR count). The second-order valence-corrected chi connectivity index (χ2v) is 4.21. The number of esters is 1. The zero-order valence-corrected chi connectivity index (χ0v) is 12.1. The van der Waals surface area contributed by atoms with Gasteiger partial charge in [0.2, 0.25) is 5.76 Å². The molecule has 0 N–H and O–H groups in total. The smallest absolute Gasteiger partial charge is 0.377 e. The van der Waals surface area contributed by atoms with Crippen molar-refractivity contribution < 1.29 is 19.0 Å². The summed E-state index contributed by atoms with van der Waals surface area (Å²) in [5, 5.41) is 4.32. The van der Waals surface area contributed by atoms with Gasteiger partial charge in [0, 0.05) is 12.3 Å². The fourth-order valence-corrected chi connectivity index (χ4v) is 1.70. The molecule has 6 heteroatoms. The Morgan fingerprint density at radius 1 is 1.29 bits per heavy atom. The van der Waals surface area contributed by atoms with Gasteiger partial charge in [-0.2, -0.15) is 5.10 Å². The lowest BCUT2D eigenvalue weighted by atomic mass is 10.3. The molecule has 0 unspecified atom stereocenters. The maximum absolute atomic E-state index is 11.6. The van der Waals surface area contributed by atoms with Gasteiger partial charge in [0.25, 0.3) is 0 Å². The predicted octanol–water partition coefficient (Wildman–Crippen LogP) is 2.22. The summed E-state index contributed by atoms with van der Waals surface area (Å²) in [6.45, 7) is 1.91. The number of carbonyl (C=O) groups is 1. The highest BCUT2D eigenvalue weighted by Gasteiger charge is 2.13. The third-order valence-electron chi connectivity index (χ3n) is 2.64. The highest BCUT2D eigenvalue weighted by Crippen LogP contribution is 2.19. The van der Waals surface area contributed by atoms with Crippen molar-refractivity contribution in [2.24, 2.45) is 0 Å². The van der Waals surface area contributed by atoms with Crippen molar-refractivity contribution in [3.63, 3.8) is 0 Å². The van der Waals surface area contributed by atoms with Crippen molar-refractivity contribution in [3.8, 4) is 11.4 Å². The Morgan fingerprint density at radius 2 is 2.10 bits per heavy atom. The first kappa shape index (κ1) is 14.6. The van der Waals surface area contributed by atoms with Crippen LogP contribution in [0.3, 0.4) is 0 Å². The SMILES string of the molecule is CO/C=C(\Oc1cccc(-n2ccc(C)n2)c1)C(=O)OC. The minimum atomic E-state index is -0.614. The zero-order chi connectivity index (χ0) is 15.2. The summed E-state index contributed by atoms with van der Waals surface area (Å²) in [7, 11) is 2.70. The molecule has 21 heavy (non-hydrogen) atoms. The van der Waals surface area contributed by atoms with Gasteiger partial charge >= 0.3 is 5.97 Å². The number of hydrogen-bond acceptors (Lipinski definition) is 5. The van der Waals surface area contributed by atoms with Crippen LogP contribution in [0.25, 0.3) is 5.69 Å². The summed E-state index contributed by atoms with van der Waals surface area (Å²) in [6, 6.07) is 9.09. The van der Waals surface area contributed by atoms with Crippen molar-refractivity contribution in [3.05, 3.63) is 54.2 Å². The van der Waals surface area contributed by atoms with Gasteiger partial charge in [0.15, 0.2) is 0 Å². The molecule has 0 amide bonds. The number of rotatable bonds is 5. The maximum Gasteiger partial charge on any atom is 0.377 e. The normalized spacial score (nSPS) is 11.1. The topological polar surface area (TPSA) is 62.6 Å². The first-order valence-corrected chi connectivity index (χ1v) is 6.26. The fourth-order valence-electron chi connectivity index (χ4n) is 1.70. The second-order valence-electron chi connectivity index (χ2n) is 4.21. The molecule has 1 aromatic heterocycles. The quantitative estimate of drug-likeness (QED) is 0.479. The number of benzene rings is 1. The summed E-state index contributed by atoms with van der Waals surface area (Å²) in [6.07, 6.45) is 3.04. The fraction of sp³-hybridized carbons (Fsp3) is 0.200. The molecule has 0 radical (unpaired) electrons. The van der Waals surface area contributed by atoms with Gasteiger partial charge in [-0.15, -0.1) is 0 Å². The standard InChI is InChI=1S/C15H16N2O4/c1-11-7-8-17(16-11)12-5-4-6-13(9-12)21-14(10-19-2)15(18)20-3/h4-10H,1-3H3/b14-10-. The Bertz CT molecular complexity index is 661. The van der Waals surface area contributed by atoms with Gasteiger partial charge in [-0.3, -0.25) is 0 Å². The molecule has 0 bridgehead atoms. The molecular weight excluding hydrogens is 272 g/mol. The second kappa shape index (κ2) is 6.60. The molecule has 0 spiro atoms.